The minimum atomic E-state index is -0.742. The molecule has 0 aliphatic heterocycles. The molecule has 0 unspecified atom stereocenters. The van der Waals surface area contributed by atoms with Gasteiger partial charge in [-0.05, 0) is 46.5 Å². The van der Waals surface area contributed by atoms with Gasteiger partial charge >= 0.3 is 0 Å². The van der Waals surface area contributed by atoms with Crippen LogP contribution in [-0.4, -0.2) is 5.11 Å². The Kier molecular flexibility index (Phi) is 3.12. The van der Waals surface area contributed by atoms with Crippen LogP contribution >= 0.6 is 15.9 Å². The van der Waals surface area contributed by atoms with Gasteiger partial charge in [-0.2, -0.15) is 0 Å². The molecule has 0 radical (unpaired) electrons. The Bertz CT molecular complexity index is 359. The fourth-order valence-electron chi connectivity index (χ4n) is 2.21. The largest absolute Gasteiger partial charge is 0.385 e. The molecular weight excluding hydrogens is 259 g/mol. The maximum Gasteiger partial charge on any atom is 0.137 e. The summed E-state index contributed by atoms with van der Waals surface area (Å²) in [5.74, 6) is -0.279. The lowest BCUT2D eigenvalue weighted by atomic mass is 9.80. The molecule has 0 bridgehead atoms. The summed E-state index contributed by atoms with van der Waals surface area (Å²) in [6, 6.07) is 4.79. The van der Waals surface area contributed by atoms with E-state index in [9.17, 15) is 9.50 Å². The Morgan fingerprint density at radius 3 is 2.47 bits per heavy atom. The van der Waals surface area contributed by atoms with E-state index in [0.717, 1.165) is 31.2 Å². The van der Waals surface area contributed by atoms with E-state index in [1.807, 2.05) is 0 Å². The monoisotopic (exact) mass is 272 g/mol. The zero-order valence-corrected chi connectivity index (χ0v) is 10.1. The van der Waals surface area contributed by atoms with Gasteiger partial charge in [-0.25, -0.2) is 4.39 Å². The Morgan fingerprint density at radius 1 is 1.20 bits per heavy atom. The Labute approximate surface area is 97.4 Å². The van der Waals surface area contributed by atoms with Gasteiger partial charge in [-0.3, -0.25) is 0 Å². The molecule has 1 nitrogen and oxygen atoms in total. The third-order valence-electron chi connectivity index (χ3n) is 3.14. The Morgan fingerprint density at radius 2 is 1.87 bits per heavy atom. The van der Waals surface area contributed by atoms with Crippen LogP contribution in [0.25, 0.3) is 0 Å². The minimum Gasteiger partial charge on any atom is -0.385 e. The second kappa shape index (κ2) is 4.22. The van der Waals surface area contributed by atoms with Crippen molar-refractivity contribution in [1.82, 2.24) is 0 Å². The summed E-state index contributed by atoms with van der Waals surface area (Å²) in [6.45, 7) is 0. The van der Waals surface area contributed by atoms with E-state index in [4.69, 9.17) is 0 Å². The van der Waals surface area contributed by atoms with E-state index < -0.39 is 5.60 Å². The molecule has 82 valence electrons. The van der Waals surface area contributed by atoms with Crippen molar-refractivity contribution in [2.75, 3.05) is 0 Å². The molecule has 0 amide bonds. The summed E-state index contributed by atoms with van der Waals surface area (Å²) in [4.78, 5) is 0. The van der Waals surface area contributed by atoms with Crippen molar-refractivity contribution in [2.24, 2.45) is 0 Å². The average molecular weight is 273 g/mol. The van der Waals surface area contributed by atoms with Gasteiger partial charge in [0.2, 0.25) is 0 Å². The quantitative estimate of drug-likeness (QED) is 0.826. The lowest BCUT2D eigenvalue weighted by molar-refractivity contribution is -0.000731. The lowest BCUT2D eigenvalue weighted by Gasteiger charge is -2.32. The Balaban J connectivity index is 2.31. The van der Waals surface area contributed by atoms with Crippen LogP contribution < -0.4 is 0 Å². The smallest absolute Gasteiger partial charge is 0.137 e. The SMILES string of the molecule is OC1(c2ccc(F)c(Br)c2)CCCCC1. The van der Waals surface area contributed by atoms with E-state index in [2.05, 4.69) is 15.9 Å². The van der Waals surface area contributed by atoms with Crippen molar-refractivity contribution < 1.29 is 9.50 Å². The average Bonchev–Trinajstić information content (AvgIpc) is 2.23. The van der Waals surface area contributed by atoms with E-state index in [1.54, 1.807) is 12.1 Å². The number of hydrogen-bond acceptors (Lipinski definition) is 1. The van der Waals surface area contributed by atoms with Crippen molar-refractivity contribution in [2.45, 2.75) is 37.7 Å². The van der Waals surface area contributed by atoms with Gasteiger partial charge in [-0.1, -0.05) is 25.3 Å². The van der Waals surface area contributed by atoms with Gasteiger partial charge in [0.1, 0.15) is 5.82 Å². The van der Waals surface area contributed by atoms with Gasteiger partial charge in [0.05, 0.1) is 10.1 Å². The van der Waals surface area contributed by atoms with Crippen LogP contribution in [0.5, 0.6) is 0 Å². The molecule has 1 aliphatic rings. The van der Waals surface area contributed by atoms with Gasteiger partial charge in [0.15, 0.2) is 0 Å². The standard InChI is InChI=1S/C12H14BrFO/c13-10-8-9(4-5-11(10)14)12(15)6-2-1-3-7-12/h4-5,8,15H,1-3,6-7H2. The first-order chi connectivity index (χ1) is 7.12. The van der Waals surface area contributed by atoms with Crippen LogP contribution in [0.1, 0.15) is 37.7 Å². The minimum absolute atomic E-state index is 0.279. The predicted octanol–water partition coefficient (Wildman–Crippen LogP) is 3.74. The molecular formula is C12H14BrFO. The first-order valence-electron chi connectivity index (χ1n) is 5.30. The molecule has 1 saturated carbocycles. The summed E-state index contributed by atoms with van der Waals surface area (Å²) in [5, 5.41) is 10.4. The van der Waals surface area contributed by atoms with Gasteiger partial charge < -0.3 is 5.11 Å². The topological polar surface area (TPSA) is 20.2 Å². The van der Waals surface area contributed by atoms with Crippen LogP contribution in [-0.2, 0) is 5.60 Å². The molecule has 0 atom stereocenters. The lowest BCUT2D eigenvalue weighted by Crippen LogP contribution is -2.28. The van der Waals surface area contributed by atoms with Crippen molar-refractivity contribution >= 4 is 15.9 Å². The predicted molar refractivity (Wildman–Crippen MR) is 61.1 cm³/mol. The normalized spacial score (nSPS) is 20.2. The van der Waals surface area contributed by atoms with Crippen molar-refractivity contribution in [3.8, 4) is 0 Å². The number of aliphatic hydroxyl groups is 1. The third-order valence-corrected chi connectivity index (χ3v) is 3.75. The van der Waals surface area contributed by atoms with Crippen LogP contribution in [0.3, 0.4) is 0 Å². The van der Waals surface area contributed by atoms with E-state index in [-0.39, 0.29) is 5.82 Å². The third kappa shape index (κ3) is 2.23. The summed E-state index contributed by atoms with van der Waals surface area (Å²) in [5.41, 5.74) is 0.0875. The van der Waals surface area contributed by atoms with Gasteiger partial charge in [0.25, 0.3) is 0 Å². The van der Waals surface area contributed by atoms with Crippen LogP contribution in [0.4, 0.5) is 4.39 Å². The van der Waals surface area contributed by atoms with E-state index >= 15 is 0 Å². The summed E-state index contributed by atoms with van der Waals surface area (Å²) < 4.78 is 13.5. The Hall–Kier alpha value is -0.410. The molecule has 0 heterocycles. The molecule has 1 aliphatic carbocycles. The molecule has 0 aromatic heterocycles. The van der Waals surface area contributed by atoms with E-state index in [1.165, 1.54) is 12.5 Å². The highest BCUT2D eigenvalue weighted by atomic mass is 79.9. The highest BCUT2D eigenvalue weighted by Crippen LogP contribution is 2.37. The number of hydrogen-bond donors (Lipinski definition) is 1. The number of rotatable bonds is 1. The molecule has 1 aromatic carbocycles. The maximum absolute atomic E-state index is 13.1. The van der Waals surface area contributed by atoms with Crippen LogP contribution in [0, 0.1) is 5.82 Å². The van der Waals surface area contributed by atoms with Crippen LogP contribution in [0.15, 0.2) is 22.7 Å². The fraction of sp³-hybridized carbons (Fsp3) is 0.500. The molecule has 15 heavy (non-hydrogen) atoms. The van der Waals surface area contributed by atoms with Gasteiger partial charge in [-0.15, -0.1) is 0 Å². The molecule has 1 fully saturated rings. The number of halogens is 2. The molecule has 2 rings (SSSR count). The molecule has 1 N–H and O–H groups in total. The van der Waals surface area contributed by atoms with Crippen molar-refractivity contribution in [3.63, 3.8) is 0 Å². The highest BCUT2D eigenvalue weighted by molar-refractivity contribution is 9.10. The number of benzene rings is 1. The molecule has 0 saturated heterocycles. The highest BCUT2D eigenvalue weighted by Gasteiger charge is 2.31. The van der Waals surface area contributed by atoms with Crippen molar-refractivity contribution in [1.29, 1.82) is 0 Å². The summed E-state index contributed by atoms with van der Waals surface area (Å²) in [7, 11) is 0. The summed E-state index contributed by atoms with van der Waals surface area (Å²) in [6.07, 6.45) is 4.85. The molecule has 0 spiro atoms. The molecule has 1 aromatic rings. The second-order valence-corrected chi connectivity index (χ2v) is 5.08. The summed E-state index contributed by atoms with van der Waals surface area (Å²) >= 11 is 3.15. The first kappa shape index (κ1) is 11.1. The second-order valence-electron chi connectivity index (χ2n) is 4.22. The van der Waals surface area contributed by atoms with Crippen molar-refractivity contribution in [3.05, 3.63) is 34.1 Å². The van der Waals surface area contributed by atoms with Crippen LogP contribution in [0.2, 0.25) is 0 Å². The van der Waals surface area contributed by atoms with E-state index in [0.29, 0.717) is 4.47 Å². The molecule has 3 heteroatoms. The van der Waals surface area contributed by atoms with Gasteiger partial charge in [0, 0.05) is 0 Å². The fourth-order valence-corrected chi connectivity index (χ4v) is 2.59. The maximum atomic E-state index is 13.1. The zero-order chi connectivity index (χ0) is 10.9. The zero-order valence-electron chi connectivity index (χ0n) is 8.47. The first-order valence-corrected chi connectivity index (χ1v) is 6.09.